The van der Waals surface area contributed by atoms with Crippen molar-refractivity contribution in [3.05, 3.63) is 64.7 Å². The zero-order chi connectivity index (χ0) is 14.5. The lowest BCUT2D eigenvalue weighted by molar-refractivity contribution is 0.108. The minimum absolute atomic E-state index is 0.189. The van der Waals surface area contributed by atoms with E-state index < -0.39 is 6.10 Å². The van der Waals surface area contributed by atoms with Crippen molar-refractivity contribution in [3.63, 3.8) is 0 Å². The number of rotatable bonds is 4. The molecule has 0 bridgehead atoms. The number of nitriles is 1. The van der Waals surface area contributed by atoms with E-state index in [-0.39, 0.29) is 6.61 Å². The molecule has 102 valence electrons. The monoisotopic (exact) mass is 267 g/mol. The summed E-state index contributed by atoms with van der Waals surface area (Å²) in [6.45, 7) is 4.26. The van der Waals surface area contributed by atoms with Gasteiger partial charge in [0, 0.05) is 0 Å². The third-order valence-electron chi connectivity index (χ3n) is 3.31. The number of aliphatic hydroxyl groups excluding tert-OH is 1. The molecule has 0 radical (unpaired) electrons. The fourth-order valence-electron chi connectivity index (χ4n) is 1.85. The lowest BCUT2D eigenvalue weighted by atomic mass is 10.1. The van der Waals surface area contributed by atoms with Crippen molar-refractivity contribution in [2.45, 2.75) is 20.0 Å². The predicted molar refractivity (Wildman–Crippen MR) is 77.5 cm³/mol. The highest BCUT2D eigenvalue weighted by molar-refractivity contribution is 5.34. The summed E-state index contributed by atoms with van der Waals surface area (Å²) in [5.74, 6) is 0.751. The Morgan fingerprint density at radius 2 is 1.80 bits per heavy atom. The van der Waals surface area contributed by atoms with Crippen molar-refractivity contribution in [1.29, 1.82) is 5.26 Å². The molecular formula is C17H17NO2. The Morgan fingerprint density at radius 3 is 2.40 bits per heavy atom. The molecule has 0 aromatic heterocycles. The third-order valence-corrected chi connectivity index (χ3v) is 3.31. The fourth-order valence-corrected chi connectivity index (χ4v) is 1.85. The number of benzene rings is 2. The third kappa shape index (κ3) is 3.37. The molecule has 0 amide bonds. The van der Waals surface area contributed by atoms with E-state index in [1.165, 1.54) is 5.56 Å². The molecule has 0 aliphatic heterocycles. The van der Waals surface area contributed by atoms with Gasteiger partial charge in [-0.3, -0.25) is 0 Å². The first-order valence-corrected chi connectivity index (χ1v) is 6.48. The van der Waals surface area contributed by atoms with Gasteiger partial charge in [0.2, 0.25) is 0 Å². The summed E-state index contributed by atoms with van der Waals surface area (Å²) in [7, 11) is 0. The number of aryl methyl sites for hydroxylation is 2. The Bertz CT molecular complexity index is 626. The zero-order valence-electron chi connectivity index (χ0n) is 11.6. The number of hydrogen-bond donors (Lipinski definition) is 1. The molecule has 0 spiro atoms. The number of hydrogen-bond acceptors (Lipinski definition) is 3. The second-order valence-electron chi connectivity index (χ2n) is 4.81. The summed E-state index contributed by atoms with van der Waals surface area (Å²) >= 11 is 0. The van der Waals surface area contributed by atoms with Crippen LogP contribution in [0.3, 0.4) is 0 Å². The molecule has 3 nitrogen and oxygen atoms in total. The molecule has 0 aliphatic carbocycles. The quantitative estimate of drug-likeness (QED) is 0.924. The summed E-state index contributed by atoms with van der Waals surface area (Å²) in [5, 5.41) is 18.8. The molecule has 3 heteroatoms. The van der Waals surface area contributed by atoms with Gasteiger partial charge in [-0.1, -0.05) is 18.2 Å². The van der Waals surface area contributed by atoms with Gasteiger partial charge in [0.15, 0.2) is 0 Å². The Hall–Kier alpha value is -2.31. The fraction of sp³-hybridized carbons (Fsp3) is 0.235. The maximum absolute atomic E-state index is 10.1. The average molecular weight is 267 g/mol. The van der Waals surface area contributed by atoms with Gasteiger partial charge in [-0.15, -0.1) is 0 Å². The normalized spacial score (nSPS) is 11.7. The zero-order valence-corrected chi connectivity index (χ0v) is 11.6. The molecule has 1 atom stereocenters. The molecule has 0 fully saturated rings. The number of ether oxygens (including phenoxy) is 1. The van der Waals surface area contributed by atoms with Crippen LogP contribution in [-0.2, 0) is 0 Å². The first-order chi connectivity index (χ1) is 9.60. The SMILES string of the molecule is Cc1ccc(OCC(O)c2ccc(C#N)cc2)cc1C. The van der Waals surface area contributed by atoms with Crippen LogP contribution in [0.2, 0.25) is 0 Å². The van der Waals surface area contributed by atoms with Crippen molar-refractivity contribution >= 4 is 0 Å². The van der Waals surface area contributed by atoms with E-state index in [0.717, 1.165) is 16.9 Å². The molecule has 1 N–H and O–H groups in total. The van der Waals surface area contributed by atoms with Crippen molar-refractivity contribution in [2.24, 2.45) is 0 Å². The van der Waals surface area contributed by atoms with Crippen LogP contribution in [0.25, 0.3) is 0 Å². The minimum atomic E-state index is -0.704. The van der Waals surface area contributed by atoms with Crippen LogP contribution < -0.4 is 4.74 Å². The van der Waals surface area contributed by atoms with E-state index in [1.54, 1.807) is 24.3 Å². The van der Waals surface area contributed by atoms with Crippen LogP contribution in [0.15, 0.2) is 42.5 Å². The van der Waals surface area contributed by atoms with Gasteiger partial charge in [-0.2, -0.15) is 5.26 Å². The van der Waals surface area contributed by atoms with E-state index >= 15 is 0 Å². The molecule has 20 heavy (non-hydrogen) atoms. The second-order valence-corrected chi connectivity index (χ2v) is 4.81. The highest BCUT2D eigenvalue weighted by Crippen LogP contribution is 2.19. The molecule has 1 unspecified atom stereocenters. The summed E-state index contributed by atoms with van der Waals surface area (Å²) in [4.78, 5) is 0. The number of nitrogens with zero attached hydrogens (tertiary/aromatic N) is 1. The van der Waals surface area contributed by atoms with Gasteiger partial charge < -0.3 is 9.84 Å². The average Bonchev–Trinajstić information content (AvgIpc) is 2.48. The van der Waals surface area contributed by atoms with Crippen molar-refractivity contribution in [2.75, 3.05) is 6.61 Å². The highest BCUT2D eigenvalue weighted by atomic mass is 16.5. The van der Waals surface area contributed by atoms with Gasteiger partial charge in [0.1, 0.15) is 18.5 Å². The van der Waals surface area contributed by atoms with Crippen LogP contribution in [0.5, 0.6) is 5.75 Å². The summed E-state index contributed by atoms with van der Waals surface area (Å²) < 4.78 is 5.60. The first kappa shape index (κ1) is 14.1. The lowest BCUT2D eigenvalue weighted by Crippen LogP contribution is -2.09. The smallest absolute Gasteiger partial charge is 0.119 e. The standard InChI is InChI=1S/C17H17NO2/c1-12-3-8-16(9-13(12)2)20-11-17(19)15-6-4-14(10-18)5-7-15/h3-9,17,19H,11H2,1-2H3. The maximum atomic E-state index is 10.1. The van der Waals surface area contributed by atoms with E-state index in [1.807, 2.05) is 38.1 Å². The van der Waals surface area contributed by atoms with Crippen LogP contribution in [0.1, 0.15) is 28.4 Å². The molecule has 0 heterocycles. The summed E-state index contributed by atoms with van der Waals surface area (Å²) in [6.07, 6.45) is -0.704. The van der Waals surface area contributed by atoms with Gasteiger partial charge >= 0.3 is 0 Å². The highest BCUT2D eigenvalue weighted by Gasteiger charge is 2.08. The van der Waals surface area contributed by atoms with Gasteiger partial charge in [-0.25, -0.2) is 0 Å². The van der Waals surface area contributed by atoms with E-state index in [4.69, 9.17) is 10.00 Å². The summed E-state index contributed by atoms with van der Waals surface area (Å²) in [5.41, 5.74) is 3.70. The van der Waals surface area contributed by atoms with Crippen molar-refractivity contribution in [3.8, 4) is 11.8 Å². The lowest BCUT2D eigenvalue weighted by Gasteiger charge is -2.13. The minimum Gasteiger partial charge on any atom is -0.491 e. The second kappa shape index (κ2) is 6.23. The largest absolute Gasteiger partial charge is 0.491 e. The molecule has 0 saturated carbocycles. The molecule has 2 rings (SSSR count). The Morgan fingerprint density at radius 1 is 1.10 bits per heavy atom. The van der Waals surface area contributed by atoms with E-state index in [9.17, 15) is 5.11 Å². The van der Waals surface area contributed by atoms with Crippen LogP contribution in [-0.4, -0.2) is 11.7 Å². The number of aliphatic hydroxyl groups is 1. The molecule has 2 aromatic rings. The van der Waals surface area contributed by atoms with E-state index in [2.05, 4.69) is 0 Å². The van der Waals surface area contributed by atoms with Gasteiger partial charge in [0.25, 0.3) is 0 Å². The van der Waals surface area contributed by atoms with E-state index in [0.29, 0.717) is 5.56 Å². The first-order valence-electron chi connectivity index (χ1n) is 6.48. The maximum Gasteiger partial charge on any atom is 0.119 e. The van der Waals surface area contributed by atoms with Crippen molar-refractivity contribution < 1.29 is 9.84 Å². The Labute approximate surface area is 119 Å². The van der Waals surface area contributed by atoms with Crippen molar-refractivity contribution in [1.82, 2.24) is 0 Å². The topological polar surface area (TPSA) is 53.2 Å². The predicted octanol–water partition coefficient (Wildman–Crippen LogP) is 3.29. The van der Waals surface area contributed by atoms with Gasteiger partial charge in [0.05, 0.1) is 11.6 Å². The molecule has 0 saturated heterocycles. The Balaban J connectivity index is 1.99. The van der Waals surface area contributed by atoms with Crippen LogP contribution >= 0.6 is 0 Å². The van der Waals surface area contributed by atoms with Crippen LogP contribution in [0, 0.1) is 25.2 Å². The molecule has 0 aliphatic rings. The summed E-state index contributed by atoms with van der Waals surface area (Å²) in [6, 6.07) is 14.8. The van der Waals surface area contributed by atoms with Gasteiger partial charge in [-0.05, 0) is 54.8 Å². The van der Waals surface area contributed by atoms with Crippen LogP contribution in [0.4, 0.5) is 0 Å². The molecule has 2 aromatic carbocycles. The molecular weight excluding hydrogens is 250 g/mol. The Kier molecular flexibility index (Phi) is 4.39.